The van der Waals surface area contributed by atoms with Crippen LogP contribution in [0.3, 0.4) is 0 Å². The van der Waals surface area contributed by atoms with Gasteiger partial charge in [0.25, 0.3) is 0 Å². The normalized spacial score (nSPS) is 17.7. The monoisotopic (exact) mass is 246 g/mol. The predicted molar refractivity (Wildman–Crippen MR) is 74.9 cm³/mol. The Bertz CT molecular complexity index is 417. The molecule has 0 saturated carbocycles. The van der Waals surface area contributed by atoms with Crippen LogP contribution in [-0.2, 0) is 11.2 Å². The zero-order valence-electron chi connectivity index (χ0n) is 11.3. The SMILES string of the molecule is CCCNC(=O)CCN1c2ccccc2CC1C. The van der Waals surface area contributed by atoms with Gasteiger partial charge in [-0.05, 0) is 31.4 Å². The Labute approximate surface area is 109 Å². The van der Waals surface area contributed by atoms with Crippen molar-refractivity contribution in [2.24, 2.45) is 0 Å². The highest BCUT2D eigenvalue weighted by Gasteiger charge is 2.25. The first-order chi connectivity index (χ1) is 8.72. The molecule has 1 heterocycles. The lowest BCUT2D eigenvalue weighted by Crippen LogP contribution is -2.34. The third-order valence-electron chi connectivity index (χ3n) is 3.50. The summed E-state index contributed by atoms with van der Waals surface area (Å²) in [5, 5.41) is 2.93. The number of fused-ring (bicyclic) bond motifs is 1. The molecule has 0 aliphatic carbocycles. The molecule has 3 heteroatoms. The Hall–Kier alpha value is -1.51. The van der Waals surface area contributed by atoms with Crippen molar-refractivity contribution in [2.75, 3.05) is 18.0 Å². The highest BCUT2D eigenvalue weighted by atomic mass is 16.1. The van der Waals surface area contributed by atoms with Gasteiger partial charge in [0, 0.05) is 31.2 Å². The highest BCUT2D eigenvalue weighted by Crippen LogP contribution is 2.31. The molecule has 1 aromatic rings. The van der Waals surface area contributed by atoms with Gasteiger partial charge in [0.15, 0.2) is 0 Å². The molecule has 98 valence electrons. The van der Waals surface area contributed by atoms with Gasteiger partial charge in [0.05, 0.1) is 0 Å². The van der Waals surface area contributed by atoms with Gasteiger partial charge in [0.2, 0.25) is 5.91 Å². The van der Waals surface area contributed by atoms with E-state index in [2.05, 4.69) is 48.3 Å². The summed E-state index contributed by atoms with van der Waals surface area (Å²) >= 11 is 0. The topological polar surface area (TPSA) is 32.3 Å². The van der Waals surface area contributed by atoms with E-state index in [0.29, 0.717) is 12.5 Å². The Morgan fingerprint density at radius 2 is 2.22 bits per heavy atom. The van der Waals surface area contributed by atoms with Gasteiger partial charge >= 0.3 is 0 Å². The van der Waals surface area contributed by atoms with E-state index in [4.69, 9.17) is 0 Å². The van der Waals surface area contributed by atoms with Crippen molar-refractivity contribution in [3.05, 3.63) is 29.8 Å². The van der Waals surface area contributed by atoms with E-state index in [1.54, 1.807) is 0 Å². The van der Waals surface area contributed by atoms with E-state index < -0.39 is 0 Å². The Morgan fingerprint density at radius 3 is 3.00 bits per heavy atom. The second kappa shape index (κ2) is 5.89. The number of hydrogen-bond acceptors (Lipinski definition) is 2. The van der Waals surface area contributed by atoms with Crippen LogP contribution in [0.15, 0.2) is 24.3 Å². The summed E-state index contributed by atoms with van der Waals surface area (Å²) in [4.78, 5) is 14.0. The molecule has 1 aliphatic rings. The number of carbonyl (C=O) groups is 1. The van der Waals surface area contributed by atoms with Crippen LogP contribution in [0.4, 0.5) is 5.69 Å². The lowest BCUT2D eigenvalue weighted by atomic mass is 10.1. The first kappa shape index (κ1) is 12.9. The second-order valence-electron chi connectivity index (χ2n) is 4.98. The number of nitrogens with zero attached hydrogens (tertiary/aromatic N) is 1. The van der Waals surface area contributed by atoms with Crippen LogP contribution in [0.2, 0.25) is 0 Å². The average molecular weight is 246 g/mol. The van der Waals surface area contributed by atoms with Crippen LogP contribution in [0.1, 0.15) is 32.3 Å². The van der Waals surface area contributed by atoms with Crippen molar-refractivity contribution in [3.8, 4) is 0 Å². The summed E-state index contributed by atoms with van der Waals surface area (Å²) in [6.07, 6.45) is 2.67. The summed E-state index contributed by atoms with van der Waals surface area (Å²) in [6, 6.07) is 9.00. The minimum absolute atomic E-state index is 0.161. The number of anilines is 1. The molecule has 0 saturated heterocycles. The van der Waals surface area contributed by atoms with E-state index in [0.717, 1.165) is 25.9 Å². The molecule has 18 heavy (non-hydrogen) atoms. The van der Waals surface area contributed by atoms with Crippen LogP contribution in [0.5, 0.6) is 0 Å². The average Bonchev–Trinajstić information content (AvgIpc) is 2.69. The molecule has 0 radical (unpaired) electrons. The van der Waals surface area contributed by atoms with Crippen molar-refractivity contribution in [1.29, 1.82) is 0 Å². The quantitative estimate of drug-likeness (QED) is 0.865. The molecule has 0 bridgehead atoms. The predicted octanol–water partition coefficient (Wildman–Crippen LogP) is 2.35. The smallest absolute Gasteiger partial charge is 0.221 e. The van der Waals surface area contributed by atoms with E-state index >= 15 is 0 Å². The first-order valence-corrected chi connectivity index (χ1v) is 6.83. The number of carbonyl (C=O) groups excluding carboxylic acids is 1. The van der Waals surface area contributed by atoms with Crippen LogP contribution in [0.25, 0.3) is 0 Å². The van der Waals surface area contributed by atoms with Crippen molar-refractivity contribution in [1.82, 2.24) is 5.32 Å². The van der Waals surface area contributed by atoms with Gasteiger partial charge < -0.3 is 10.2 Å². The Morgan fingerprint density at radius 1 is 1.44 bits per heavy atom. The third-order valence-corrected chi connectivity index (χ3v) is 3.50. The minimum Gasteiger partial charge on any atom is -0.368 e. The van der Waals surface area contributed by atoms with Crippen molar-refractivity contribution in [3.63, 3.8) is 0 Å². The van der Waals surface area contributed by atoms with Gasteiger partial charge in [-0.3, -0.25) is 4.79 Å². The summed E-state index contributed by atoms with van der Waals surface area (Å²) in [5.41, 5.74) is 2.70. The Kier molecular flexibility index (Phi) is 4.24. The van der Waals surface area contributed by atoms with E-state index in [1.807, 2.05) is 0 Å². The minimum atomic E-state index is 0.161. The first-order valence-electron chi connectivity index (χ1n) is 6.83. The van der Waals surface area contributed by atoms with Gasteiger partial charge in [-0.15, -0.1) is 0 Å². The fraction of sp³-hybridized carbons (Fsp3) is 0.533. The van der Waals surface area contributed by atoms with E-state index in [-0.39, 0.29) is 5.91 Å². The number of para-hydroxylation sites is 1. The molecule has 1 N–H and O–H groups in total. The summed E-state index contributed by atoms with van der Waals surface area (Å²) < 4.78 is 0. The van der Waals surface area contributed by atoms with Crippen LogP contribution in [-0.4, -0.2) is 25.0 Å². The molecule has 1 aliphatic heterocycles. The third kappa shape index (κ3) is 2.84. The largest absolute Gasteiger partial charge is 0.368 e. The molecule has 0 spiro atoms. The maximum absolute atomic E-state index is 11.6. The van der Waals surface area contributed by atoms with Crippen molar-refractivity contribution in [2.45, 2.75) is 39.2 Å². The number of hydrogen-bond donors (Lipinski definition) is 1. The molecule has 1 unspecified atom stereocenters. The molecule has 0 aromatic heterocycles. The summed E-state index contributed by atoms with van der Waals surface area (Å²) in [7, 11) is 0. The molecular formula is C15H22N2O. The number of benzene rings is 1. The van der Waals surface area contributed by atoms with E-state index in [9.17, 15) is 4.79 Å². The van der Waals surface area contributed by atoms with Gasteiger partial charge in [-0.1, -0.05) is 25.1 Å². The second-order valence-corrected chi connectivity index (χ2v) is 4.98. The maximum Gasteiger partial charge on any atom is 0.221 e. The standard InChI is InChI=1S/C15H22N2O/c1-3-9-16-15(18)8-10-17-12(2)11-13-6-4-5-7-14(13)17/h4-7,12H,3,8-11H2,1-2H3,(H,16,18). The highest BCUT2D eigenvalue weighted by molar-refractivity contribution is 5.76. The summed E-state index contributed by atoms with van der Waals surface area (Å²) in [6.45, 7) is 5.89. The number of rotatable bonds is 5. The fourth-order valence-electron chi connectivity index (χ4n) is 2.55. The molecule has 0 fully saturated rings. The van der Waals surface area contributed by atoms with Crippen LogP contribution in [0, 0.1) is 0 Å². The molecule has 2 rings (SSSR count). The van der Waals surface area contributed by atoms with Gasteiger partial charge in [-0.25, -0.2) is 0 Å². The van der Waals surface area contributed by atoms with E-state index in [1.165, 1.54) is 11.3 Å². The van der Waals surface area contributed by atoms with Crippen LogP contribution >= 0.6 is 0 Å². The molecule has 1 atom stereocenters. The molecule has 1 amide bonds. The molecule has 1 aromatic carbocycles. The Balaban J connectivity index is 1.92. The number of nitrogens with one attached hydrogen (secondary N) is 1. The van der Waals surface area contributed by atoms with Gasteiger partial charge in [0.1, 0.15) is 0 Å². The lowest BCUT2D eigenvalue weighted by molar-refractivity contribution is -0.120. The zero-order valence-corrected chi connectivity index (χ0v) is 11.3. The van der Waals surface area contributed by atoms with Crippen LogP contribution < -0.4 is 10.2 Å². The zero-order chi connectivity index (χ0) is 13.0. The fourth-order valence-corrected chi connectivity index (χ4v) is 2.55. The summed E-state index contributed by atoms with van der Waals surface area (Å²) in [5.74, 6) is 0.161. The lowest BCUT2D eigenvalue weighted by Gasteiger charge is -2.24. The maximum atomic E-state index is 11.6. The van der Waals surface area contributed by atoms with Crippen molar-refractivity contribution < 1.29 is 4.79 Å². The van der Waals surface area contributed by atoms with Crippen molar-refractivity contribution >= 4 is 11.6 Å². The molecule has 3 nitrogen and oxygen atoms in total. The molecular weight excluding hydrogens is 224 g/mol. The number of amides is 1. The van der Waals surface area contributed by atoms with Gasteiger partial charge in [-0.2, -0.15) is 0 Å².